The Morgan fingerprint density at radius 2 is 2.29 bits per heavy atom. The molecule has 0 aliphatic carbocycles. The Labute approximate surface area is 129 Å². The summed E-state index contributed by atoms with van der Waals surface area (Å²) in [4.78, 5) is 12.7. The first-order valence-corrected chi connectivity index (χ1v) is 7.27. The van der Waals surface area contributed by atoms with Crippen molar-refractivity contribution in [3.63, 3.8) is 0 Å². The van der Waals surface area contributed by atoms with Crippen LogP contribution in [-0.4, -0.2) is 48.7 Å². The molecule has 1 aromatic rings. The number of hydrogen-bond acceptors (Lipinski definition) is 5. The van der Waals surface area contributed by atoms with E-state index < -0.39 is 4.92 Å². The summed E-state index contributed by atoms with van der Waals surface area (Å²) in [5.41, 5.74) is 1.32. The van der Waals surface area contributed by atoms with Crippen molar-refractivity contribution in [2.75, 3.05) is 32.1 Å². The Kier molecular flexibility index (Phi) is 5.03. The van der Waals surface area contributed by atoms with Gasteiger partial charge in [-0.15, -0.1) is 0 Å². The van der Waals surface area contributed by atoms with E-state index in [-0.39, 0.29) is 17.8 Å². The van der Waals surface area contributed by atoms with Crippen LogP contribution in [0.1, 0.15) is 12.5 Å². The van der Waals surface area contributed by atoms with Crippen LogP contribution in [0, 0.1) is 17.0 Å². The number of hydrogen-bond donors (Lipinski definition) is 1. The molecule has 6 nitrogen and oxygen atoms in total. The third-order valence-electron chi connectivity index (χ3n) is 3.72. The molecular weight excluding hydrogens is 294 g/mol. The van der Waals surface area contributed by atoms with Crippen LogP contribution in [0.2, 0.25) is 5.02 Å². The Balaban J connectivity index is 2.12. The van der Waals surface area contributed by atoms with Gasteiger partial charge in [0.1, 0.15) is 0 Å². The van der Waals surface area contributed by atoms with E-state index in [9.17, 15) is 10.1 Å². The van der Waals surface area contributed by atoms with Crippen LogP contribution >= 0.6 is 11.6 Å². The number of nitro benzene ring substituents is 1. The fourth-order valence-electron chi connectivity index (χ4n) is 2.43. The summed E-state index contributed by atoms with van der Waals surface area (Å²) in [7, 11) is 2.06. The minimum absolute atomic E-state index is 0.0341. The first-order chi connectivity index (χ1) is 9.88. The summed E-state index contributed by atoms with van der Waals surface area (Å²) in [5, 5.41) is 14.5. The van der Waals surface area contributed by atoms with Crippen LogP contribution in [0.3, 0.4) is 0 Å². The highest BCUT2D eigenvalue weighted by Crippen LogP contribution is 2.31. The molecule has 0 bridgehead atoms. The molecule has 0 amide bonds. The van der Waals surface area contributed by atoms with Crippen LogP contribution in [-0.2, 0) is 4.74 Å². The second-order valence-corrected chi connectivity index (χ2v) is 5.89. The number of nitro groups is 1. The second-order valence-electron chi connectivity index (χ2n) is 5.48. The highest BCUT2D eigenvalue weighted by atomic mass is 35.5. The van der Waals surface area contributed by atoms with Gasteiger partial charge < -0.3 is 15.0 Å². The molecule has 0 radical (unpaired) electrons. The van der Waals surface area contributed by atoms with Crippen molar-refractivity contribution in [3.8, 4) is 0 Å². The number of nitrogens with zero attached hydrogens (tertiary/aromatic N) is 2. The van der Waals surface area contributed by atoms with Crippen molar-refractivity contribution < 1.29 is 9.66 Å². The summed E-state index contributed by atoms with van der Waals surface area (Å²) in [6.45, 7) is 6.21. The smallest absolute Gasteiger partial charge is 0.273 e. The maximum atomic E-state index is 10.9. The lowest BCUT2D eigenvalue weighted by molar-refractivity contribution is -0.385. The predicted molar refractivity (Wildman–Crippen MR) is 83.2 cm³/mol. The van der Waals surface area contributed by atoms with Crippen LogP contribution < -0.4 is 5.32 Å². The van der Waals surface area contributed by atoms with Crippen molar-refractivity contribution in [2.24, 2.45) is 0 Å². The van der Waals surface area contributed by atoms with Crippen molar-refractivity contribution in [1.29, 1.82) is 0 Å². The minimum Gasteiger partial charge on any atom is -0.379 e. The molecule has 2 rings (SSSR count). The SMILES string of the molecule is Cc1cc(NC(C)C2CN(C)CCO2)c(Cl)cc1[N+](=O)[O-]. The second kappa shape index (κ2) is 6.60. The van der Waals surface area contributed by atoms with Crippen molar-refractivity contribution >= 4 is 23.0 Å². The molecule has 116 valence electrons. The summed E-state index contributed by atoms with van der Waals surface area (Å²) < 4.78 is 5.76. The highest BCUT2D eigenvalue weighted by Gasteiger charge is 2.24. The monoisotopic (exact) mass is 313 g/mol. The zero-order valence-electron chi connectivity index (χ0n) is 12.4. The van der Waals surface area contributed by atoms with Gasteiger partial charge in [0.2, 0.25) is 0 Å². The number of halogens is 1. The van der Waals surface area contributed by atoms with E-state index in [2.05, 4.69) is 17.3 Å². The number of benzene rings is 1. The van der Waals surface area contributed by atoms with Gasteiger partial charge >= 0.3 is 0 Å². The third-order valence-corrected chi connectivity index (χ3v) is 4.03. The summed E-state index contributed by atoms with van der Waals surface area (Å²) in [6.07, 6.45) is 0.0651. The van der Waals surface area contributed by atoms with Gasteiger partial charge in [-0.25, -0.2) is 0 Å². The largest absolute Gasteiger partial charge is 0.379 e. The summed E-state index contributed by atoms with van der Waals surface area (Å²) in [5.74, 6) is 0. The normalized spacial score (nSPS) is 21.0. The van der Waals surface area contributed by atoms with Crippen LogP contribution in [0.4, 0.5) is 11.4 Å². The molecule has 1 N–H and O–H groups in total. The summed E-state index contributed by atoms with van der Waals surface area (Å²) in [6, 6.07) is 3.16. The number of rotatable bonds is 4. The lowest BCUT2D eigenvalue weighted by Gasteiger charge is -2.34. The molecule has 1 aliphatic rings. The van der Waals surface area contributed by atoms with Crippen molar-refractivity contribution in [3.05, 3.63) is 32.8 Å². The molecule has 1 heterocycles. The quantitative estimate of drug-likeness (QED) is 0.684. The average Bonchev–Trinajstić information content (AvgIpc) is 2.42. The molecule has 0 saturated carbocycles. The average molecular weight is 314 g/mol. The van der Waals surface area contributed by atoms with Gasteiger partial charge in [0.05, 0.1) is 34.4 Å². The van der Waals surface area contributed by atoms with E-state index in [4.69, 9.17) is 16.3 Å². The number of likely N-dealkylation sites (N-methyl/N-ethyl adjacent to an activating group) is 1. The molecule has 1 aromatic carbocycles. The Bertz CT molecular complexity index is 538. The van der Waals surface area contributed by atoms with E-state index in [1.807, 2.05) is 6.92 Å². The predicted octanol–water partition coefficient (Wildman–Crippen LogP) is 2.69. The molecule has 0 spiro atoms. The number of nitrogens with one attached hydrogen (secondary N) is 1. The van der Waals surface area contributed by atoms with Crippen LogP contribution in [0.5, 0.6) is 0 Å². The zero-order chi connectivity index (χ0) is 15.6. The standard InChI is InChI=1S/C14H20ClN3O3/c1-9-6-12(11(15)7-13(9)18(19)20)16-10(2)14-8-17(3)4-5-21-14/h6-7,10,14,16H,4-5,8H2,1-3H3. The van der Waals surface area contributed by atoms with Gasteiger partial charge in [-0.2, -0.15) is 0 Å². The number of morpholine rings is 1. The van der Waals surface area contributed by atoms with E-state index in [0.29, 0.717) is 22.9 Å². The van der Waals surface area contributed by atoms with E-state index in [1.54, 1.807) is 13.0 Å². The first kappa shape index (κ1) is 16.0. The molecule has 2 unspecified atom stereocenters. The van der Waals surface area contributed by atoms with Crippen LogP contribution in [0.15, 0.2) is 12.1 Å². The Hall–Kier alpha value is -1.37. The van der Waals surface area contributed by atoms with Gasteiger partial charge in [0.15, 0.2) is 0 Å². The lowest BCUT2D eigenvalue weighted by atomic mass is 10.1. The molecule has 1 aliphatic heterocycles. The molecule has 0 aromatic heterocycles. The number of aryl methyl sites for hydroxylation is 1. The van der Waals surface area contributed by atoms with Crippen LogP contribution in [0.25, 0.3) is 0 Å². The van der Waals surface area contributed by atoms with Crippen molar-refractivity contribution in [1.82, 2.24) is 4.90 Å². The lowest BCUT2D eigenvalue weighted by Crippen LogP contribution is -2.47. The molecule has 1 saturated heterocycles. The van der Waals surface area contributed by atoms with Crippen molar-refractivity contribution in [2.45, 2.75) is 26.0 Å². The third kappa shape index (κ3) is 3.84. The molecular formula is C14H20ClN3O3. The maximum absolute atomic E-state index is 10.9. The van der Waals surface area contributed by atoms with Gasteiger partial charge in [0, 0.05) is 24.7 Å². The molecule has 21 heavy (non-hydrogen) atoms. The van der Waals surface area contributed by atoms with E-state index >= 15 is 0 Å². The van der Waals surface area contributed by atoms with E-state index in [0.717, 1.165) is 13.1 Å². The Morgan fingerprint density at radius 3 is 2.90 bits per heavy atom. The van der Waals surface area contributed by atoms with Gasteiger partial charge in [-0.3, -0.25) is 10.1 Å². The molecule has 7 heteroatoms. The highest BCUT2D eigenvalue weighted by molar-refractivity contribution is 6.33. The fraction of sp³-hybridized carbons (Fsp3) is 0.571. The topological polar surface area (TPSA) is 67.6 Å². The van der Waals surface area contributed by atoms with Gasteiger partial charge in [-0.1, -0.05) is 11.6 Å². The number of ether oxygens (including phenoxy) is 1. The minimum atomic E-state index is -0.423. The zero-order valence-corrected chi connectivity index (χ0v) is 13.2. The van der Waals surface area contributed by atoms with E-state index in [1.165, 1.54) is 6.07 Å². The molecule has 1 fully saturated rings. The fourth-order valence-corrected chi connectivity index (χ4v) is 2.64. The first-order valence-electron chi connectivity index (χ1n) is 6.89. The number of anilines is 1. The maximum Gasteiger partial charge on any atom is 0.273 e. The van der Waals surface area contributed by atoms with Gasteiger partial charge in [0.25, 0.3) is 5.69 Å². The Morgan fingerprint density at radius 1 is 1.57 bits per heavy atom. The molecule has 2 atom stereocenters. The van der Waals surface area contributed by atoms with Gasteiger partial charge in [-0.05, 0) is 27.0 Å². The summed E-state index contributed by atoms with van der Waals surface area (Å²) >= 11 is 6.14.